The molecule has 8 aromatic rings. The van der Waals surface area contributed by atoms with Gasteiger partial charge in [0.15, 0.2) is 0 Å². The molecule has 0 fully saturated rings. The van der Waals surface area contributed by atoms with E-state index in [0.29, 0.717) is 0 Å². The zero-order valence-corrected chi connectivity index (χ0v) is 52.6. The Morgan fingerprint density at radius 1 is 0.300 bits per heavy atom. The summed E-state index contributed by atoms with van der Waals surface area (Å²) in [6, 6.07) is 52.1. The predicted octanol–water partition coefficient (Wildman–Crippen LogP) is 15.0. The quantitative estimate of drug-likeness (QED) is 0.0246. The van der Waals surface area contributed by atoms with Crippen LogP contribution in [0.5, 0.6) is 23.0 Å². The maximum atomic E-state index is 11.5. The number of esters is 4. The van der Waals surface area contributed by atoms with E-state index in [4.69, 9.17) is 37.9 Å². The monoisotopic (exact) mass is 1200 g/mol. The van der Waals surface area contributed by atoms with E-state index in [1.54, 1.807) is 0 Å². The van der Waals surface area contributed by atoms with Crippen molar-refractivity contribution < 1.29 is 57.1 Å². The molecular formula is C78H76O12. The average molecular weight is 1210 g/mol. The van der Waals surface area contributed by atoms with Gasteiger partial charge in [0.1, 0.15) is 75.9 Å². The van der Waals surface area contributed by atoms with Gasteiger partial charge in [-0.15, -0.1) is 0 Å². The predicted molar refractivity (Wildman–Crippen MR) is 352 cm³/mol. The minimum atomic E-state index is -0.603. The van der Waals surface area contributed by atoms with Gasteiger partial charge in [0.25, 0.3) is 0 Å². The first-order valence-corrected chi connectivity index (χ1v) is 30.0. The normalized spacial score (nSPS) is 12.4. The fourth-order valence-corrected chi connectivity index (χ4v) is 13.0. The lowest BCUT2D eigenvalue weighted by molar-refractivity contribution is -0.139. The van der Waals surface area contributed by atoms with E-state index in [9.17, 15) is 19.2 Å². The van der Waals surface area contributed by atoms with Crippen LogP contribution in [0.3, 0.4) is 0 Å². The highest BCUT2D eigenvalue weighted by molar-refractivity contribution is 5.89. The Morgan fingerprint density at radius 3 is 0.656 bits per heavy atom. The van der Waals surface area contributed by atoms with Crippen LogP contribution in [-0.2, 0) is 49.0 Å². The molecule has 0 unspecified atom stereocenters. The van der Waals surface area contributed by atoms with Crippen LogP contribution in [0.4, 0.5) is 0 Å². The lowest BCUT2D eigenvalue weighted by Crippen LogP contribution is -2.29. The lowest BCUT2D eigenvalue weighted by atomic mass is 9.66. The Kier molecular flexibility index (Phi) is 20.2. The van der Waals surface area contributed by atoms with E-state index in [2.05, 4.69) is 227 Å². The second kappa shape index (κ2) is 28.3. The van der Waals surface area contributed by atoms with Crippen molar-refractivity contribution in [2.45, 2.75) is 66.2 Å². The van der Waals surface area contributed by atoms with Crippen LogP contribution in [0, 0.1) is 55.4 Å². The Labute approximate surface area is 528 Å². The maximum absolute atomic E-state index is 11.5. The number of hydrogen-bond donors (Lipinski definition) is 0. The maximum Gasteiger partial charge on any atom is 0.330 e. The molecule has 12 heteroatoms. The molecule has 0 bridgehead atoms. The molecule has 0 spiro atoms. The Bertz CT molecular complexity index is 3470. The topological polar surface area (TPSA) is 142 Å². The highest BCUT2D eigenvalue weighted by Crippen LogP contribution is 2.59. The molecule has 10 rings (SSSR count). The summed E-state index contributed by atoms with van der Waals surface area (Å²) in [4.78, 5) is 45.9. The summed E-state index contributed by atoms with van der Waals surface area (Å²) in [6.45, 7) is 31.7. The van der Waals surface area contributed by atoms with Gasteiger partial charge in [-0.1, -0.05) is 172 Å². The largest absolute Gasteiger partial charge is 0.489 e. The first-order valence-electron chi connectivity index (χ1n) is 30.0. The molecule has 0 N–H and O–H groups in total. The van der Waals surface area contributed by atoms with Crippen LogP contribution in [0.1, 0.15) is 89.0 Å². The van der Waals surface area contributed by atoms with Gasteiger partial charge in [0.2, 0.25) is 0 Å². The van der Waals surface area contributed by atoms with E-state index in [0.717, 1.165) is 114 Å². The summed E-state index contributed by atoms with van der Waals surface area (Å²) < 4.78 is 44.9. The Hall–Kier alpha value is -10.2. The molecule has 0 radical (unpaired) electrons. The van der Waals surface area contributed by atoms with Crippen LogP contribution >= 0.6 is 0 Å². The fraction of sp³-hybridized carbons (Fsp3) is 0.231. The van der Waals surface area contributed by atoms with E-state index in [1.165, 1.54) is 44.5 Å². The molecule has 90 heavy (non-hydrogen) atoms. The molecule has 0 aromatic heterocycles. The molecule has 0 aliphatic heterocycles. The SMILES string of the molecule is C=CC(=O)OCCOc1c(C)cc(C2(c3cc(C)c(OCCOC(=O)C=C)c(C)c3)c3ccccc3-c3ccccc32)cc1C.C=CC(=O)OCCOc1c(C)cc(C2(c3cc(C)c(OCCOC(=O)C=C)c(C)c3)c3ccccc3-c3ccccc32)cc1C. The number of hydrogen-bond acceptors (Lipinski definition) is 12. The van der Waals surface area contributed by atoms with Gasteiger partial charge < -0.3 is 37.9 Å². The first kappa shape index (κ1) is 64.3. The molecule has 460 valence electrons. The van der Waals surface area contributed by atoms with Gasteiger partial charge >= 0.3 is 23.9 Å². The minimum absolute atomic E-state index is 0.139. The van der Waals surface area contributed by atoms with Crippen LogP contribution < -0.4 is 18.9 Å². The van der Waals surface area contributed by atoms with Crippen molar-refractivity contribution in [1.82, 2.24) is 0 Å². The van der Waals surface area contributed by atoms with Crippen molar-refractivity contribution in [3.8, 4) is 45.3 Å². The average Bonchev–Trinajstić information content (AvgIpc) is 1.52. The number of carbonyl (C=O) groups excluding carboxylic acids is 4. The molecular weight excluding hydrogens is 1130 g/mol. The van der Waals surface area contributed by atoms with Gasteiger partial charge in [-0.05, 0) is 167 Å². The van der Waals surface area contributed by atoms with Crippen molar-refractivity contribution in [1.29, 1.82) is 0 Å². The molecule has 0 heterocycles. The van der Waals surface area contributed by atoms with Gasteiger partial charge in [0.05, 0.1) is 10.8 Å². The molecule has 0 atom stereocenters. The standard InChI is InChI=1S/2C39H38O6/c2*1-7-35(40)42-17-19-44-37-25(3)21-29(22-26(37)4)39(33-15-11-9-13-31(33)32-14-10-12-16-34(32)39)30-23-27(5)38(28(6)24-30)45-20-18-43-36(41)8-2/h2*7-16,21-24H,1-2,17-20H2,3-6H3. The second-order valence-electron chi connectivity index (χ2n) is 22.3. The lowest BCUT2D eigenvalue weighted by Gasteiger charge is -2.35. The Balaban J connectivity index is 0.000000213. The fourth-order valence-electron chi connectivity index (χ4n) is 13.0. The minimum Gasteiger partial charge on any atom is -0.489 e. The third-order valence-corrected chi connectivity index (χ3v) is 16.4. The van der Waals surface area contributed by atoms with Gasteiger partial charge in [-0.3, -0.25) is 0 Å². The molecule has 2 aliphatic rings. The van der Waals surface area contributed by atoms with Crippen LogP contribution in [0.15, 0.2) is 196 Å². The first-order chi connectivity index (χ1) is 43.4. The van der Waals surface area contributed by atoms with Crippen molar-refractivity contribution in [2.75, 3.05) is 52.9 Å². The van der Waals surface area contributed by atoms with Crippen molar-refractivity contribution in [3.05, 3.63) is 285 Å². The van der Waals surface area contributed by atoms with E-state index >= 15 is 0 Å². The summed E-state index contributed by atoms with van der Waals surface area (Å²) in [5, 5.41) is 0. The van der Waals surface area contributed by atoms with E-state index < -0.39 is 34.7 Å². The van der Waals surface area contributed by atoms with Gasteiger partial charge in [-0.2, -0.15) is 0 Å². The highest BCUT2D eigenvalue weighted by Gasteiger charge is 2.48. The summed E-state index contributed by atoms with van der Waals surface area (Å²) in [6.07, 6.45) is 4.58. The number of benzene rings is 8. The number of fused-ring (bicyclic) bond motifs is 6. The highest BCUT2D eigenvalue weighted by atomic mass is 16.6. The molecule has 8 aromatic carbocycles. The molecule has 12 nitrogen and oxygen atoms in total. The molecule has 0 saturated heterocycles. The number of aryl methyl sites for hydroxylation is 8. The summed E-state index contributed by atoms with van der Waals surface area (Å²) in [7, 11) is 0. The van der Waals surface area contributed by atoms with E-state index in [1.807, 2.05) is 0 Å². The summed E-state index contributed by atoms with van der Waals surface area (Å²) in [5.74, 6) is 1.21. The second-order valence-corrected chi connectivity index (χ2v) is 22.3. The smallest absolute Gasteiger partial charge is 0.330 e. The van der Waals surface area contributed by atoms with Crippen molar-refractivity contribution >= 4 is 23.9 Å². The van der Waals surface area contributed by atoms with Crippen molar-refractivity contribution in [2.24, 2.45) is 0 Å². The van der Waals surface area contributed by atoms with Crippen LogP contribution in [0.25, 0.3) is 22.3 Å². The number of rotatable bonds is 24. The van der Waals surface area contributed by atoms with Crippen LogP contribution in [0.2, 0.25) is 0 Å². The zero-order chi connectivity index (χ0) is 64.3. The zero-order valence-electron chi connectivity index (χ0n) is 52.6. The van der Waals surface area contributed by atoms with E-state index in [-0.39, 0.29) is 52.9 Å². The molecule has 2 aliphatic carbocycles. The third-order valence-electron chi connectivity index (χ3n) is 16.4. The van der Waals surface area contributed by atoms with Crippen molar-refractivity contribution in [3.63, 3.8) is 0 Å². The number of carbonyl (C=O) groups is 4. The summed E-state index contributed by atoms with van der Waals surface area (Å²) in [5.41, 5.74) is 20.9. The van der Waals surface area contributed by atoms with Gasteiger partial charge in [-0.25, -0.2) is 19.2 Å². The number of ether oxygens (including phenoxy) is 8. The molecule has 0 amide bonds. The van der Waals surface area contributed by atoms with Gasteiger partial charge in [0, 0.05) is 24.3 Å². The van der Waals surface area contributed by atoms with Crippen LogP contribution in [-0.4, -0.2) is 76.7 Å². The summed E-state index contributed by atoms with van der Waals surface area (Å²) >= 11 is 0. The Morgan fingerprint density at radius 2 is 0.478 bits per heavy atom. The molecule has 0 saturated carbocycles. The third kappa shape index (κ3) is 12.7.